The number of nitrogens with zero attached hydrogens (tertiary/aromatic N) is 2. The lowest BCUT2D eigenvalue weighted by atomic mass is 9.70. The Labute approximate surface area is 415 Å². The van der Waals surface area contributed by atoms with E-state index in [4.69, 9.17) is 9.47 Å². The van der Waals surface area contributed by atoms with Gasteiger partial charge in [-0.15, -0.1) is 0 Å². The maximum atomic E-state index is 13.4. The quantitative estimate of drug-likeness (QED) is 0.0381. The van der Waals surface area contributed by atoms with Crippen molar-refractivity contribution in [1.29, 1.82) is 5.26 Å². The monoisotopic (exact) mass is 1100 g/mol. The van der Waals surface area contributed by atoms with Crippen molar-refractivity contribution in [1.82, 2.24) is 0 Å². The smallest absolute Gasteiger partial charge is 0.435 e. The Bertz CT molecular complexity index is 2500. The maximum Gasteiger partial charge on any atom is 0.435 e. The minimum Gasteiger partial charge on any atom is -0.491 e. The van der Waals surface area contributed by atoms with Crippen LogP contribution in [-0.2, 0) is 19.7 Å². The second kappa shape index (κ2) is 22.1. The lowest BCUT2D eigenvalue weighted by Gasteiger charge is -2.37. The second-order valence-electron chi connectivity index (χ2n) is 16.9. The minimum atomic E-state index is -6.99. The summed E-state index contributed by atoms with van der Waals surface area (Å²) in [4.78, 5) is 13.3. The van der Waals surface area contributed by atoms with Gasteiger partial charge >= 0.3 is 54.2 Å². The number of benzene rings is 4. The van der Waals surface area contributed by atoms with Crippen molar-refractivity contribution >= 4 is 29.1 Å². The number of unbranched alkanes of at least 4 members (excludes halogenated alkanes) is 2. The van der Waals surface area contributed by atoms with Crippen molar-refractivity contribution in [2.45, 2.75) is 106 Å². The number of alkyl halides is 18. The van der Waals surface area contributed by atoms with Crippen LogP contribution in [0.15, 0.2) is 90.5 Å². The Morgan fingerprint density at radius 1 is 0.547 bits per heavy atom. The molecule has 410 valence electrons. The van der Waals surface area contributed by atoms with Crippen LogP contribution in [0, 0.1) is 11.3 Å². The number of hydrogen-bond acceptors (Lipinski definition) is 7. The molecule has 4 aromatic carbocycles. The predicted molar refractivity (Wildman–Crippen MR) is 232 cm³/mol. The van der Waals surface area contributed by atoms with Gasteiger partial charge in [0.15, 0.2) is 0 Å². The Hall–Kier alpha value is -6.36. The zero-order valence-electron chi connectivity index (χ0n) is 38.9. The molecule has 4 aromatic rings. The molecule has 0 unspecified atom stereocenters. The molecule has 0 spiro atoms. The van der Waals surface area contributed by atoms with Crippen LogP contribution in [-0.4, -0.2) is 85.8 Å². The van der Waals surface area contributed by atoms with Crippen molar-refractivity contribution in [3.63, 3.8) is 0 Å². The molecule has 0 atom stereocenters. The number of aliphatic carboxylic acids is 1. The second-order valence-corrected chi connectivity index (χ2v) is 16.9. The molecule has 0 fully saturated rings. The van der Waals surface area contributed by atoms with Crippen molar-refractivity contribution in [2.75, 3.05) is 31.3 Å². The molecule has 0 bridgehead atoms. The molecule has 1 aliphatic rings. The highest BCUT2D eigenvalue weighted by Gasteiger charge is 2.86. The van der Waals surface area contributed by atoms with Gasteiger partial charge in [0.25, 0.3) is 0 Å². The third-order valence-electron chi connectivity index (χ3n) is 12.1. The van der Waals surface area contributed by atoms with Crippen molar-refractivity contribution in [2.24, 2.45) is 0 Å². The van der Waals surface area contributed by atoms with Gasteiger partial charge in [-0.3, -0.25) is 0 Å². The molecular weight excluding hydrogens is 1050 g/mol. The average molecular weight is 1100 g/mol. The fourth-order valence-corrected chi connectivity index (χ4v) is 8.65. The van der Waals surface area contributed by atoms with Crippen LogP contribution in [0.4, 0.5) is 96.1 Å². The normalized spacial score (nSPS) is 14.5. The minimum absolute atomic E-state index is 0.210. The number of carboxylic acid groups (broad SMARTS) is 1. The molecule has 75 heavy (non-hydrogen) atoms. The topological polar surface area (TPSA) is 101 Å². The van der Waals surface area contributed by atoms with Crippen LogP contribution in [0.5, 0.6) is 11.5 Å². The number of nitriles is 1. The Morgan fingerprint density at radius 3 is 1.25 bits per heavy atom. The average Bonchev–Trinajstić information content (AvgIpc) is 3.55. The first-order valence-corrected chi connectivity index (χ1v) is 22.3. The van der Waals surface area contributed by atoms with E-state index in [1.807, 2.05) is 19.9 Å². The van der Waals surface area contributed by atoms with E-state index >= 15 is 0 Å². The number of carbonyl (C=O) groups is 1. The molecular formula is C49H42F18N2O6. The van der Waals surface area contributed by atoms with Gasteiger partial charge in [0.1, 0.15) is 36.4 Å². The van der Waals surface area contributed by atoms with E-state index in [-0.39, 0.29) is 22.9 Å². The van der Waals surface area contributed by atoms with Gasteiger partial charge in [0, 0.05) is 22.5 Å². The highest BCUT2D eigenvalue weighted by atomic mass is 19.4. The van der Waals surface area contributed by atoms with Gasteiger partial charge in [-0.1, -0.05) is 63.8 Å². The fraction of sp³-hybridized carbons (Fsp3) is 0.429. The standard InChI is InChI=1S/C49H42F18N2O6/c1-3-5-19-41(20-6-4-2)38-26-29(25-30(28-68)40(70)71)7-17-36(38)37-18-12-33(27-39(37)41)69(31-8-13-34(14-9-31)72-21-23-74-42(44(50,51)52,45(53,54)55)46(56,57)58)32-10-15-35(16-11-32)73-22-24-75-43(47(59,60)61,48(62,63)64)49(65,66)67/h7-18,25-27H,3-6,19-24H2,1-2H3,(H,70,71)/b30-25+. The van der Waals surface area contributed by atoms with Crippen LogP contribution >= 0.6 is 0 Å². The number of fused-ring (bicyclic) bond motifs is 3. The summed E-state index contributed by atoms with van der Waals surface area (Å²) in [5.41, 5.74) is -9.96. The van der Waals surface area contributed by atoms with E-state index < -0.39 is 91.6 Å². The van der Waals surface area contributed by atoms with Crippen LogP contribution in [0.25, 0.3) is 17.2 Å². The lowest BCUT2D eigenvalue weighted by molar-refractivity contribution is -0.458. The first kappa shape index (κ1) is 59.5. The molecule has 0 heterocycles. The number of carboxylic acids is 1. The zero-order valence-corrected chi connectivity index (χ0v) is 38.9. The van der Waals surface area contributed by atoms with Gasteiger partial charge in [0.05, 0.1) is 13.2 Å². The zero-order chi connectivity index (χ0) is 56.2. The molecule has 0 saturated heterocycles. The number of rotatable bonds is 21. The van der Waals surface area contributed by atoms with Gasteiger partial charge in [0.2, 0.25) is 0 Å². The van der Waals surface area contributed by atoms with Gasteiger partial charge in [-0.2, -0.15) is 84.3 Å². The molecule has 0 radical (unpaired) electrons. The van der Waals surface area contributed by atoms with Crippen molar-refractivity contribution in [3.05, 3.63) is 107 Å². The number of anilines is 3. The molecule has 0 amide bonds. The summed E-state index contributed by atoms with van der Waals surface area (Å²) in [6.45, 7) is -2.28. The van der Waals surface area contributed by atoms with E-state index in [0.29, 0.717) is 36.9 Å². The molecule has 8 nitrogen and oxygen atoms in total. The van der Waals surface area contributed by atoms with Gasteiger partial charge < -0.3 is 29.0 Å². The summed E-state index contributed by atoms with van der Waals surface area (Å²) in [5, 5.41) is 19.1. The van der Waals surface area contributed by atoms with Crippen molar-refractivity contribution in [3.8, 4) is 28.7 Å². The largest absolute Gasteiger partial charge is 0.491 e. The molecule has 0 aromatic heterocycles. The molecule has 1 aliphatic carbocycles. The Morgan fingerprint density at radius 2 is 0.907 bits per heavy atom. The van der Waals surface area contributed by atoms with Crippen molar-refractivity contribution < 1.29 is 108 Å². The number of ether oxygens (including phenoxy) is 4. The summed E-state index contributed by atoms with van der Waals surface area (Å²) in [5.74, 6) is -2.02. The lowest BCUT2D eigenvalue weighted by Crippen LogP contribution is -2.68. The van der Waals surface area contributed by atoms with Crippen LogP contribution < -0.4 is 14.4 Å². The third kappa shape index (κ3) is 11.7. The van der Waals surface area contributed by atoms with E-state index in [1.165, 1.54) is 30.3 Å². The number of halogens is 18. The molecule has 0 aliphatic heterocycles. The summed E-state index contributed by atoms with van der Waals surface area (Å²) >= 11 is 0. The first-order valence-electron chi connectivity index (χ1n) is 22.3. The fourth-order valence-electron chi connectivity index (χ4n) is 8.65. The van der Waals surface area contributed by atoms with Crippen LogP contribution in [0.3, 0.4) is 0 Å². The van der Waals surface area contributed by atoms with E-state index in [1.54, 1.807) is 41.3 Å². The maximum absolute atomic E-state index is 13.4. The summed E-state index contributed by atoms with van der Waals surface area (Å²) in [6, 6.07) is 22.0. The molecule has 1 N–H and O–H groups in total. The highest BCUT2D eigenvalue weighted by Crippen LogP contribution is 2.58. The summed E-state index contributed by atoms with van der Waals surface area (Å²) in [7, 11) is 0. The third-order valence-corrected chi connectivity index (χ3v) is 12.1. The van der Waals surface area contributed by atoms with Gasteiger partial charge in [-0.25, -0.2) is 4.79 Å². The predicted octanol–water partition coefficient (Wildman–Crippen LogP) is 15.4. The molecule has 5 rings (SSSR count). The van der Waals surface area contributed by atoms with E-state index in [9.17, 15) is 94.2 Å². The van der Waals surface area contributed by atoms with Gasteiger partial charge in [-0.05, 0) is 107 Å². The van der Waals surface area contributed by atoms with E-state index in [0.717, 1.165) is 59.4 Å². The van der Waals surface area contributed by atoms with Crippen LogP contribution in [0.2, 0.25) is 0 Å². The molecule has 0 saturated carbocycles. The number of hydrogen-bond donors (Lipinski definition) is 1. The highest BCUT2D eigenvalue weighted by molar-refractivity contribution is 5.97. The Balaban J connectivity index is 1.56. The van der Waals surface area contributed by atoms with E-state index in [2.05, 4.69) is 9.47 Å². The molecule has 26 heteroatoms. The van der Waals surface area contributed by atoms with Crippen LogP contribution in [0.1, 0.15) is 69.1 Å². The SMILES string of the molecule is CCCCC1(CCCC)c2cc(/C=C(\C#N)C(=O)O)ccc2-c2ccc(N(c3ccc(OCCOC(C(F)(F)F)(C(F)(F)F)C(F)(F)F)cc3)c3ccc(OCCOC(C(F)(F)F)(C(F)(F)F)C(F)(F)F)cc3)cc21. The first-order chi connectivity index (χ1) is 34.7. The summed E-state index contributed by atoms with van der Waals surface area (Å²) in [6.07, 6.45) is -36.7. The Kier molecular flexibility index (Phi) is 17.5. The summed E-state index contributed by atoms with van der Waals surface area (Å²) < 4.78 is 258.